The minimum Gasteiger partial charge on any atom is -0.321 e. The van der Waals surface area contributed by atoms with E-state index in [1.807, 2.05) is 20.8 Å². The molecule has 0 aromatic heterocycles. The van der Waals surface area contributed by atoms with Gasteiger partial charge < -0.3 is 5.73 Å². The van der Waals surface area contributed by atoms with Gasteiger partial charge in [0.15, 0.2) is 5.78 Å². The number of carbonyl (C=O) groups is 1. The number of hydrogen-bond acceptors (Lipinski definition) is 2. The molecule has 2 nitrogen and oxygen atoms in total. The fraction of sp³-hybridized carbons (Fsp3) is 0.909. The molecule has 0 amide bonds. The zero-order chi connectivity index (χ0) is 10.5. The summed E-state index contributed by atoms with van der Waals surface area (Å²) in [5.74, 6) is 0.184. The minimum atomic E-state index is -0.286. The monoisotopic (exact) mass is 185 g/mol. The molecule has 78 valence electrons. The Balaban J connectivity index is 3.84. The summed E-state index contributed by atoms with van der Waals surface area (Å²) in [5, 5.41) is 0. The van der Waals surface area contributed by atoms with Crippen molar-refractivity contribution in [3.8, 4) is 0 Å². The fourth-order valence-electron chi connectivity index (χ4n) is 1.30. The summed E-state index contributed by atoms with van der Waals surface area (Å²) in [6, 6.07) is -0.258. The second-order valence-corrected chi connectivity index (χ2v) is 4.72. The number of unbranched alkanes of at least 4 members (excludes halogenated alkanes) is 2. The molecule has 2 heteroatoms. The lowest BCUT2D eigenvalue weighted by Gasteiger charge is -2.21. The maximum Gasteiger partial charge on any atom is 0.154 e. The quantitative estimate of drug-likeness (QED) is 0.669. The Morgan fingerprint density at radius 1 is 1.31 bits per heavy atom. The Labute approximate surface area is 81.9 Å². The van der Waals surface area contributed by atoms with Crippen molar-refractivity contribution in [1.82, 2.24) is 0 Å². The molecule has 0 aromatic carbocycles. The van der Waals surface area contributed by atoms with Crippen LogP contribution in [0.3, 0.4) is 0 Å². The van der Waals surface area contributed by atoms with Crippen molar-refractivity contribution in [3.63, 3.8) is 0 Å². The fourth-order valence-corrected chi connectivity index (χ4v) is 1.30. The number of hydrogen-bond donors (Lipinski definition) is 1. The van der Waals surface area contributed by atoms with E-state index in [2.05, 4.69) is 6.92 Å². The summed E-state index contributed by atoms with van der Waals surface area (Å²) in [6.07, 6.45) is 4.25. The molecule has 0 bridgehead atoms. The Kier molecular flexibility index (Phi) is 5.23. The van der Waals surface area contributed by atoms with Gasteiger partial charge in [0.2, 0.25) is 0 Å². The van der Waals surface area contributed by atoms with E-state index in [1.165, 1.54) is 12.8 Å². The Bertz CT molecular complexity index is 158. The second-order valence-electron chi connectivity index (χ2n) is 4.72. The number of nitrogens with two attached hydrogens (primary N) is 1. The highest BCUT2D eigenvalue weighted by atomic mass is 16.1. The third-order valence-electron chi connectivity index (χ3n) is 2.19. The molecule has 0 unspecified atom stereocenters. The van der Waals surface area contributed by atoms with Crippen LogP contribution in [0.15, 0.2) is 0 Å². The van der Waals surface area contributed by atoms with Gasteiger partial charge in [-0.3, -0.25) is 4.79 Å². The highest BCUT2D eigenvalue weighted by molar-refractivity contribution is 5.88. The number of rotatable bonds is 5. The van der Waals surface area contributed by atoms with Crippen LogP contribution < -0.4 is 5.73 Å². The van der Waals surface area contributed by atoms with Gasteiger partial charge in [0.1, 0.15) is 0 Å². The average Bonchev–Trinajstić information content (AvgIpc) is 2.01. The van der Waals surface area contributed by atoms with E-state index in [0.717, 1.165) is 12.8 Å². The molecule has 0 saturated heterocycles. The van der Waals surface area contributed by atoms with E-state index < -0.39 is 0 Å². The summed E-state index contributed by atoms with van der Waals surface area (Å²) in [5.41, 5.74) is 5.51. The van der Waals surface area contributed by atoms with Gasteiger partial charge in [-0.05, 0) is 6.42 Å². The summed E-state index contributed by atoms with van der Waals surface area (Å²) < 4.78 is 0. The molecule has 0 aliphatic rings. The molecule has 0 radical (unpaired) electrons. The SMILES string of the molecule is CCCCC[C@H](N)C(=O)C(C)(C)C. The van der Waals surface area contributed by atoms with Crippen molar-refractivity contribution >= 4 is 5.78 Å². The van der Waals surface area contributed by atoms with Crippen molar-refractivity contribution in [2.75, 3.05) is 0 Å². The summed E-state index contributed by atoms with van der Waals surface area (Å²) >= 11 is 0. The molecule has 13 heavy (non-hydrogen) atoms. The molecule has 0 saturated carbocycles. The molecule has 0 aliphatic heterocycles. The molecule has 0 rings (SSSR count). The topological polar surface area (TPSA) is 43.1 Å². The largest absolute Gasteiger partial charge is 0.321 e. The molecule has 0 heterocycles. The number of Topliss-reactive ketones (excluding diaryl/α,β-unsaturated/α-hetero) is 1. The molecule has 2 N–H and O–H groups in total. The summed E-state index contributed by atoms with van der Waals surface area (Å²) in [6.45, 7) is 7.93. The molecular formula is C11H23NO. The van der Waals surface area contributed by atoms with Crippen LogP contribution in [-0.2, 0) is 4.79 Å². The van der Waals surface area contributed by atoms with E-state index in [0.29, 0.717) is 0 Å². The van der Waals surface area contributed by atoms with Gasteiger partial charge in [-0.2, -0.15) is 0 Å². The van der Waals surface area contributed by atoms with Gasteiger partial charge in [-0.1, -0.05) is 47.0 Å². The number of ketones is 1. The van der Waals surface area contributed by atoms with Gasteiger partial charge in [0, 0.05) is 5.41 Å². The van der Waals surface area contributed by atoms with E-state index in [9.17, 15) is 4.79 Å². The molecule has 0 aromatic rings. The second kappa shape index (κ2) is 5.38. The maximum absolute atomic E-state index is 11.6. The van der Waals surface area contributed by atoms with Gasteiger partial charge in [0.25, 0.3) is 0 Å². The third kappa shape index (κ3) is 5.04. The van der Waals surface area contributed by atoms with Crippen LogP contribution in [0.4, 0.5) is 0 Å². The molecule has 0 fully saturated rings. The summed E-state index contributed by atoms with van der Waals surface area (Å²) in [7, 11) is 0. The van der Waals surface area contributed by atoms with Crippen LogP contribution in [0.25, 0.3) is 0 Å². The molecular weight excluding hydrogens is 162 g/mol. The van der Waals surface area contributed by atoms with E-state index in [-0.39, 0.29) is 17.2 Å². The highest BCUT2D eigenvalue weighted by Gasteiger charge is 2.26. The standard InChI is InChI=1S/C11H23NO/c1-5-6-7-8-9(12)10(13)11(2,3)4/h9H,5-8,12H2,1-4H3/t9-/m0/s1. The number of carbonyl (C=O) groups excluding carboxylic acids is 1. The van der Waals surface area contributed by atoms with Crippen LogP contribution in [-0.4, -0.2) is 11.8 Å². The van der Waals surface area contributed by atoms with Crippen molar-refractivity contribution in [3.05, 3.63) is 0 Å². The Morgan fingerprint density at radius 3 is 2.23 bits per heavy atom. The summed E-state index contributed by atoms with van der Waals surface area (Å²) in [4.78, 5) is 11.6. The molecule has 0 spiro atoms. The van der Waals surface area contributed by atoms with E-state index >= 15 is 0 Å². The Morgan fingerprint density at radius 2 is 1.85 bits per heavy atom. The van der Waals surface area contributed by atoms with Crippen molar-refractivity contribution in [2.24, 2.45) is 11.1 Å². The van der Waals surface area contributed by atoms with Crippen LogP contribution in [0.2, 0.25) is 0 Å². The van der Waals surface area contributed by atoms with Crippen LogP contribution >= 0.6 is 0 Å². The minimum absolute atomic E-state index is 0.184. The lowest BCUT2D eigenvalue weighted by molar-refractivity contribution is -0.127. The predicted octanol–water partition coefficient (Wildman–Crippen LogP) is 2.51. The molecule has 0 aliphatic carbocycles. The first-order chi connectivity index (χ1) is 5.89. The van der Waals surface area contributed by atoms with Crippen LogP contribution in [0.5, 0.6) is 0 Å². The normalized spacial score (nSPS) is 14.2. The Hall–Kier alpha value is -0.370. The lowest BCUT2D eigenvalue weighted by atomic mass is 9.85. The maximum atomic E-state index is 11.6. The zero-order valence-corrected chi connectivity index (χ0v) is 9.39. The van der Waals surface area contributed by atoms with E-state index in [4.69, 9.17) is 5.73 Å². The third-order valence-corrected chi connectivity index (χ3v) is 2.19. The van der Waals surface area contributed by atoms with Gasteiger partial charge in [-0.15, -0.1) is 0 Å². The predicted molar refractivity (Wildman–Crippen MR) is 56.6 cm³/mol. The van der Waals surface area contributed by atoms with Gasteiger partial charge >= 0.3 is 0 Å². The van der Waals surface area contributed by atoms with Crippen molar-refractivity contribution in [1.29, 1.82) is 0 Å². The average molecular weight is 185 g/mol. The lowest BCUT2D eigenvalue weighted by Crippen LogP contribution is -2.38. The van der Waals surface area contributed by atoms with Crippen molar-refractivity contribution in [2.45, 2.75) is 59.4 Å². The highest BCUT2D eigenvalue weighted by Crippen LogP contribution is 2.18. The smallest absolute Gasteiger partial charge is 0.154 e. The molecule has 1 atom stereocenters. The van der Waals surface area contributed by atoms with Gasteiger partial charge in [-0.25, -0.2) is 0 Å². The zero-order valence-electron chi connectivity index (χ0n) is 9.39. The van der Waals surface area contributed by atoms with Crippen LogP contribution in [0, 0.1) is 5.41 Å². The van der Waals surface area contributed by atoms with E-state index in [1.54, 1.807) is 0 Å². The van der Waals surface area contributed by atoms with Crippen molar-refractivity contribution < 1.29 is 4.79 Å². The first kappa shape index (κ1) is 12.6. The first-order valence-electron chi connectivity index (χ1n) is 5.19. The van der Waals surface area contributed by atoms with Gasteiger partial charge in [0.05, 0.1) is 6.04 Å². The van der Waals surface area contributed by atoms with Crippen LogP contribution in [0.1, 0.15) is 53.4 Å². The first-order valence-corrected chi connectivity index (χ1v) is 5.19.